The normalized spacial score (nSPS) is 15.9. The van der Waals surface area contributed by atoms with Crippen LogP contribution in [0.4, 0.5) is 0 Å². The topological polar surface area (TPSA) is 81.5 Å². The third-order valence-corrected chi connectivity index (χ3v) is 5.24. The molecule has 28 heavy (non-hydrogen) atoms. The van der Waals surface area contributed by atoms with Crippen LogP contribution >= 0.6 is 0 Å². The molecule has 4 rings (SSSR count). The van der Waals surface area contributed by atoms with E-state index in [1.54, 1.807) is 18.0 Å². The minimum absolute atomic E-state index is 0.175. The smallest absolute Gasteiger partial charge is 0.276 e. The molecule has 0 spiro atoms. The number of likely N-dealkylation sites (N-methyl/N-ethyl adjacent to an activating group) is 1. The molecule has 2 aromatic heterocycles. The van der Waals surface area contributed by atoms with Gasteiger partial charge in [-0.1, -0.05) is 24.2 Å². The molecular weight excluding hydrogens is 356 g/mol. The highest BCUT2D eigenvalue weighted by Crippen LogP contribution is 2.14. The van der Waals surface area contributed by atoms with Crippen LogP contribution in [0.15, 0.2) is 34.9 Å². The number of imidazole rings is 1. The number of fused-ring (bicyclic) bond motifs is 1. The van der Waals surface area contributed by atoms with E-state index < -0.39 is 0 Å². The number of amides is 1. The van der Waals surface area contributed by atoms with Crippen LogP contribution in [0.25, 0.3) is 11.0 Å². The molecule has 0 atom stereocenters. The van der Waals surface area contributed by atoms with Crippen LogP contribution in [0, 0.1) is 0 Å². The van der Waals surface area contributed by atoms with Gasteiger partial charge >= 0.3 is 0 Å². The van der Waals surface area contributed by atoms with Crippen molar-refractivity contribution >= 4 is 16.9 Å². The van der Waals surface area contributed by atoms with Gasteiger partial charge < -0.3 is 19.3 Å². The van der Waals surface area contributed by atoms with Gasteiger partial charge in [0.05, 0.1) is 24.1 Å². The molecular formula is C20H26N6O2. The number of piperazine rings is 1. The Hall–Kier alpha value is -2.71. The fraction of sp³-hybridized carbons (Fsp3) is 0.450. The number of benzene rings is 1. The molecule has 1 aliphatic rings. The highest BCUT2D eigenvalue weighted by Gasteiger charge is 2.21. The van der Waals surface area contributed by atoms with E-state index in [2.05, 4.69) is 31.8 Å². The molecule has 0 saturated carbocycles. The Labute approximate surface area is 164 Å². The summed E-state index contributed by atoms with van der Waals surface area (Å²) in [6.07, 6.45) is 0. The number of carbonyl (C=O) groups excluding carboxylic acids is 1. The van der Waals surface area contributed by atoms with Crippen molar-refractivity contribution in [3.63, 3.8) is 0 Å². The van der Waals surface area contributed by atoms with Crippen molar-refractivity contribution < 1.29 is 9.32 Å². The van der Waals surface area contributed by atoms with Crippen molar-refractivity contribution in [1.29, 1.82) is 0 Å². The summed E-state index contributed by atoms with van der Waals surface area (Å²) in [5.74, 6) is 1.30. The molecule has 1 fully saturated rings. The van der Waals surface area contributed by atoms with E-state index in [1.165, 1.54) is 0 Å². The van der Waals surface area contributed by atoms with Crippen molar-refractivity contribution in [3.05, 3.63) is 47.6 Å². The molecule has 0 radical (unpaired) electrons. The van der Waals surface area contributed by atoms with Gasteiger partial charge in [0.15, 0.2) is 11.5 Å². The second kappa shape index (κ2) is 8.12. The standard InChI is InChI=1S/C20H26N6O2/c1-3-25-8-10-26(11-9-25)13-15-12-18(23-28-15)20(27)24(2)14-19-21-16-6-4-5-7-17(16)22-19/h4-7,12H,3,8-11,13-14H2,1-2H3,(H,21,22). The van der Waals surface area contributed by atoms with Gasteiger partial charge in [0, 0.05) is 39.3 Å². The highest BCUT2D eigenvalue weighted by molar-refractivity contribution is 5.92. The van der Waals surface area contributed by atoms with Crippen LogP contribution in [0.3, 0.4) is 0 Å². The van der Waals surface area contributed by atoms with Crippen molar-refractivity contribution in [1.82, 2.24) is 29.8 Å². The molecule has 0 bridgehead atoms. The Morgan fingerprint density at radius 1 is 1.21 bits per heavy atom. The van der Waals surface area contributed by atoms with Crippen molar-refractivity contribution in [2.45, 2.75) is 20.0 Å². The average Bonchev–Trinajstić information content (AvgIpc) is 3.34. The van der Waals surface area contributed by atoms with Gasteiger partial charge in [0.25, 0.3) is 5.91 Å². The minimum Gasteiger partial charge on any atom is -0.359 e. The summed E-state index contributed by atoms with van der Waals surface area (Å²) in [6.45, 7) is 8.49. The lowest BCUT2D eigenvalue weighted by molar-refractivity contribution is 0.0771. The first kappa shape index (κ1) is 18.6. The maximum atomic E-state index is 12.7. The summed E-state index contributed by atoms with van der Waals surface area (Å²) in [4.78, 5) is 26.8. The lowest BCUT2D eigenvalue weighted by Crippen LogP contribution is -2.45. The minimum atomic E-state index is -0.175. The summed E-state index contributed by atoms with van der Waals surface area (Å²) in [5.41, 5.74) is 2.19. The zero-order valence-corrected chi connectivity index (χ0v) is 16.4. The Morgan fingerprint density at radius 3 is 2.71 bits per heavy atom. The molecule has 1 saturated heterocycles. The molecule has 1 amide bonds. The molecule has 8 nitrogen and oxygen atoms in total. The molecule has 3 heterocycles. The zero-order chi connectivity index (χ0) is 19.5. The number of rotatable bonds is 6. The number of hydrogen-bond donors (Lipinski definition) is 1. The SMILES string of the molecule is CCN1CCN(Cc2cc(C(=O)N(C)Cc3nc4ccccc4[nH]3)no2)CC1. The van der Waals surface area contributed by atoms with Gasteiger partial charge in [-0.15, -0.1) is 0 Å². The highest BCUT2D eigenvalue weighted by atomic mass is 16.5. The molecule has 1 N–H and O–H groups in total. The number of carbonyl (C=O) groups is 1. The average molecular weight is 382 g/mol. The van der Waals surface area contributed by atoms with Crippen LogP contribution in [-0.2, 0) is 13.1 Å². The quantitative estimate of drug-likeness (QED) is 0.702. The van der Waals surface area contributed by atoms with E-state index in [1.807, 2.05) is 24.3 Å². The Morgan fingerprint density at radius 2 is 1.96 bits per heavy atom. The van der Waals surface area contributed by atoms with Gasteiger partial charge in [0.2, 0.25) is 0 Å². The summed E-state index contributed by atoms with van der Waals surface area (Å²) in [5, 5.41) is 3.98. The van der Waals surface area contributed by atoms with Crippen molar-refractivity contribution in [2.24, 2.45) is 0 Å². The van der Waals surface area contributed by atoms with Crippen LogP contribution < -0.4 is 0 Å². The van der Waals surface area contributed by atoms with E-state index in [4.69, 9.17) is 4.52 Å². The Balaban J connectivity index is 1.35. The summed E-state index contributed by atoms with van der Waals surface area (Å²) < 4.78 is 5.41. The monoisotopic (exact) mass is 382 g/mol. The second-order valence-corrected chi connectivity index (χ2v) is 7.25. The Kier molecular flexibility index (Phi) is 5.40. The predicted molar refractivity (Wildman–Crippen MR) is 106 cm³/mol. The first-order valence-corrected chi connectivity index (χ1v) is 9.71. The first-order chi connectivity index (χ1) is 13.6. The van der Waals surface area contributed by atoms with Crippen molar-refractivity contribution in [2.75, 3.05) is 39.8 Å². The molecule has 0 unspecified atom stereocenters. The third kappa shape index (κ3) is 4.07. The van der Waals surface area contributed by atoms with Gasteiger partial charge in [-0.2, -0.15) is 0 Å². The predicted octanol–water partition coefficient (Wildman–Crippen LogP) is 1.96. The fourth-order valence-electron chi connectivity index (χ4n) is 3.54. The fourth-order valence-corrected chi connectivity index (χ4v) is 3.54. The maximum Gasteiger partial charge on any atom is 0.276 e. The largest absolute Gasteiger partial charge is 0.359 e. The lowest BCUT2D eigenvalue weighted by Gasteiger charge is -2.33. The zero-order valence-electron chi connectivity index (χ0n) is 16.4. The van der Waals surface area contributed by atoms with E-state index in [0.29, 0.717) is 18.8 Å². The summed E-state index contributed by atoms with van der Waals surface area (Å²) in [7, 11) is 1.74. The molecule has 148 valence electrons. The molecule has 3 aromatic rings. The van der Waals surface area contributed by atoms with Crippen molar-refractivity contribution in [3.8, 4) is 0 Å². The number of para-hydroxylation sites is 2. The number of aromatic nitrogens is 3. The van der Waals surface area contributed by atoms with Crippen LogP contribution in [0.5, 0.6) is 0 Å². The lowest BCUT2D eigenvalue weighted by atomic mass is 10.2. The molecule has 8 heteroatoms. The molecule has 0 aliphatic carbocycles. The number of aromatic amines is 1. The van der Waals surface area contributed by atoms with Gasteiger partial charge in [-0.05, 0) is 18.7 Å². The van der Waals surface area contributed by atoms with Gasteiger partial charge in [-0.3, -0.25) is 9.69 Å². The summed E-state index contributed by atoms with van der Waals surface area (Å²) >= 11 is 0. The maximum absolute atomic E-state index is 12.7. The van der Waals surface area contributed by atoms with E-state index in [0.717, 1.165) is 55.3 Å². The van der Waals surface area contributed by atoms with E-state index in [-0.39, 0.29) is 5.91 Å². The second-order valence-electron chi connectivity index (χ2n) is 7.25. The van der Waals surface area contributed by atoms with E-state index >= 15 is 0 Å². The first-order valence-electron chi connectivity index (χ1n) is 9.71. The number of H-pyrrole nitrogens is 1. The summed E-state index contributed by atoms with van der Waals surface area (Å²) in [6, 6.07) is 9.57. The van der Waals surface area contributed by atoms with Crippen LogP contribution in [0.1, 0.15) is 29.0 Å². The Bertz CT molecular complexity index is 908. The number of hydrogen-bond acceptors (Lipinski definition) is 6. The van der Waals surface area contributed by atoms with Gasteiger partial charge in [-0.25, -0.2) is 4.98 Å². The molecule has 1 aromatic carbocycles. The number of nitrogens with zero attached hydrogens (tertiary/aromatic N) is 5. The van der Waals surface area contributed by atoms with Crippen LogP contribution in [0.2, 0.25) is 0 Å². The third-order valence-electron chi connectivity index (χ3n) is 5.24. The van der Waals surface area contributed by atoms with Gasteiger partial charge in [0.1, 0.15) is 5.82 Å². The number of nitrogens with one attached hydrogen (secondary N) is 1. The van der Waals surface area contributed by atoms with E-state index in [9.17, 15) is 4.79 Å². The molecule has 1 aliphatic heterocycles. The van der Waals surface area contributed by atoms with Crippen LogP contribution in [-0.4, -0.2) is 75.5 Å².